The Hall–Kier alpha value is -1.92. The molecule has 0 aromatic heterocycles. The Bertz CT molecular complexity index is 707. The second-order valence-electron chi connectivity index (χ2n) is 8.65. The summed E-state index contributed by atoms with van der Waals surface area (Å²) < 4.78 is 5.54. The van der Waals surface area contributed by atoms with E-state index in [1.807, 2.05) is 29.2 Å². The van der Waals surface area contributed by atoms with Crippen molar-refractivity contribution in [2.45, 2.75) is 56.9 Å². The van der Waals surface area contributed by atoms with Gasteiger partial charge in [-0.3, -0.25) is 14.5 Å². The Labute approximate surface area is 173 Å². The maximum atomic E-state index is 12.7. The maximum Gasteiger partial charge on any atom is 0.227 e. The summed E-state index contributed by atoms with van der Waals surface area (Å²) in [4.78, 5) is 28.9. The Morgan fingerprint density at radius 3 is 2.38 bits per heavy atom. The van der Waals surface area contributed by atoms with Gasteiger partial charge in [0.2, 0.25) is 11.8 Å². The third kappa shape index (κ3) is 4.81. The fourth-order valence-electron chi connectivity index (χ4n) is 5.08. The van der Waals surface area contributed by atoms with Gasteiger partial charge in [-0.15, -0.1) is 0 Å². The molecule has 0 radical (unpaired) electrons. The summed E-state index contributed by atoms with van der Waals surface area (Å²) in [6, 6.07) is 7.86. The minimum Gasteiger partial charge on any atom is -0.379 e. The zero-order chi connectivity index (χ0) is 20.1. The van der Waals surface area contributed by atoms with Crippen molar-refractivity contribution in [2.24, 2.45) is 0 Å². The summed E-state index contributed by atoms with van der Waals surface area (Å²) in [5.74, 6) is 0.268. The van der Waals surface area contributed by atoms with Crippen LogP contribution in [0, 0.1) is 0 Å². The molecule has 0 atom stereocenters. The average molecular weight is 400 g/mol. The van der Waals surface area contributed by atoms with Crippen LogP contribution in [-0.2, 0) is 20.7 Å². The summed E-state index contributed by atoms with van der Waals surface area (Å²) in [7, 11) is 0. The van der Waals surface area contributed by atoms with Crippen LogP contribution in [0.4, 0.5) is 5.69 Å². The van der Waals surface area contributed by atoms with Gasteiger partial charge in [-0.25, -0.2) is 0 Å². The van der Waals surface area contributed by atoms with Gasteiger partial charge in [0, 0.05) is 43.8 Å². The van der Waals surface area contributed by atoms with Crippen LogP contribution in [0.2, 0.25) is 0 Å². The number of benzene rings is 1. The first-order valence-electron chi connectivity index (χ1n) is 11.2. The van der Waals surface area contributed by atoms with Crippen molar-refractivity contribution in [1.29, 1.82) is 0 Å². The van der Waals surface area contributed by atoms with E-state index >= 15 is 0 Å². The number of ether oxygens (including phenoxy) is 1. The molecule has 0 spiro atoms. The number of carbonyl (C=O) groups excluding carboxylic acids is 2. The number of morpholine rings is 1. The summed E-state index contributed by atoms with van der Waals surface area (Å²) in [5, 5.41) is 3.23. The van der Waals surface area contributed by atoms with Crippen molar-refractivity contribution in [3.8, 4) is 0 Å². The smallest absolute Gasteiger partial charge is 0.227 e. The third-order valence-corrected chi connectivity index (χ3v) is 6.77. The van der Waals surface area contributed by atoms with Gasteiger partial charge in [0.05, 0.1) is 19.6 Å². The van der Waals surface area contributed by atoms with Gasteiger partial charge in [-0.2, -0.15) is 0 Å². The maximum absolute atomic E-state index is 12.7. The minimum absolute atomic E-state index is 0.0770. The number of nitrogens with zero attached hydrogens (tertiary/aromatic N) is 2. The Balaban J connectivity index is 1.33. The summed E-state index contributed by atoms with van der Waals surface area (Å²) >= 11 is 0. The fourth-order valence-corrected chi connectivity index (χ4v) is 5.08. The van der Waals surface area contributed by atoms with Crippen molar-refractivity contribution in [2.75, 3.05) is 44.3 Å². The molecule has 1 saturated carbocycles. The van der Waals surface area contributed by atoms with E-state index in [4.69, 9.17) is 4.74 Å². The number of hydrogen-bond donors (Lipinski definition) is 1. The summed E-state index contributed by atoms with van der Waals surface area (Å²) in [5.41, 5.74) is 2.02. The molecule has 1 N–H and O–H groups in total. The molecule has 4 rings (SSSR count). The molecule has 0 bridgehead atoms. The normalized spacial score (nSPS) is 22.6. The Morgan fingerprint density at radius 2 is 1.72 bits per heavy atom. The van der Waals surface area contributed by atoms with Gasteiger partial charge in [-0.05, 0) is 37.0 Å². The molecule has 3 aliphatic rings. The van der Waals surface area contributed by atoms with E-state index in [1.165, 1.54) is 19.3 Å². The molecular weight excluding hydrogens is 366 g/mol. The lowest BCUT2D eigenvalue weighted by Crippen LogP contribution is -2.59. The van der Waals surface area contributed by atoms with Crippen LogP contribution in [0.25, 0.3) is 0 Å². The molecule has 6 heteroatoms. The number of rotatable bonds is 6. The predicted octanol–water partition coefficient (Wildman–Crippen LogP) is 2.51. The molecule has 2 heterocycles. The van der Waals surface area contributed by atoms with Gasteiger partial charge >= 0.3 is 0 Å². The van der Waals surface area contributed by atoms with Gasteiger partial charge in [0.15, 0.2) is 0 Å². The van der Waals surface area contributed by atoms with E-state index in [-0.39, 0.29) is 17.4 Å². The molecule has 2 amide bonds. The Kier molecular flexibility index (Phi) is 6.50. The quantitative estimate of drug-likeness (QED) is 0.798. The lowest BCUT2D eigenvalue weighted by atomic mass is 9.79. The number of anilines is 1. The highest BCUT2D eigenvalue weighted by Gasteiger charge is 2.38. The monoisotopic (exact) mass is 399 g/mol. The van der Waals surface area contributed by atoms with Crippen molar-refractivity contribution in [3.05, 3.63) is 29.8 Å². The lowest BCUT2D eigenvalue weighted by molar-refractivity contribution is -0.121. The molecule has 0 unspecified atom stereocenters. The molecule has 29 heavy (non-hydrogen) atoms. The molecule has 2 aliphatic heterocycles. The molecule has 1 aromatic carbocycles. The van der Waals surface area contributed by atoms with Crippen molar-refractivity contribution >= 4 is 17.5 Å². The number of hydrogen-bond acceptors (Lipinski definition) is 4. The van der Waals surface area contributed by atoms with E-state index in [1.54, 1.807) is 0 Å². The van der Waals surface area contributed by atoms with Crippen LogP contribution < -0.4 is 10.2 Å². The van der Waals surface area contributed by atoms with E-state index < -0.39 is 0 Å². The molecule has 6 nitrogen and oxygen atoms in total. The Morgan fingerprint density at radius 1 is 1.00 bits per heavy atom. The van der Waals surface area contributed by atoms with E-state index in [0.29, 0.717) is 12.8 Å². The molecule has 3 fully saturated rings. The predicted molar refractivity (Wildman–Crippen MR) is 113 cm³/mol. The highest BCUT2D eigenvalue weighted by Crippen LogP contribution is 2.34. The average Bonchev–Trinajstić information content (AvgIpc) is 3.20. The highest BCUT2D eigenvalue weighted by molar-refractivity contribution is 5.95. The molecule has 1 aromatic rings. The number of amides is 2. The van der Waals surface area contributed by atoms with Crippen LogP contribution in [0.15, 0.2) is 24.3 Å². The first-order chi connectivity index (χ1) is 14.2. The molecular formula is C23H33N3O3. The molecule has 158 valence electrons. The van der Waals surface area contributed by atoms with Gasteiger partial charge < -0.3 is 15.0 Å². The first-order valence-corrected chi connectivity index (χ1v) is 11.2. The number of carbonyl (C=O) groups is 2. The topological polar surface area (TPSA) is 61.9 Å². The van der Waals surface area contributed by atoms with Crippen molar-refractivity contribution < 1.29 is 14.3 Å². The second kappa shape index (κ2) is 9.26. The first kappa shape index (κ1) is 20.4. The summed E-state index contributed by atoms with van der Waals surface area (Å²) in [6.07, 6.45) is 8.04. The van der Waals surface area contributed by atoms with Gasteiger partial charge in [0.25, 0.3) is 0 Å². The van der Waals surface area contributed by atoms with Crippen LogP contribution >= 0.6 is 0 Å². The third-order valence-electron chi connectivity index (χ3n) is 6.77. The zero-order valence-electron chi connectivity index (χ0n) is 17.3. The van der Waals surface area contributed by atoms with Crippen LogP contribution in [0.5, 0.6) is 0 Å². The largest absolute Gasteiger partial charge is 0.379 e. The SMILES string of the molecule is O=C(Cc1ccc(N2CCCC2=O)cc1)NCC1(N2CCOCC2)CCCCC1. The van der Waals surface area contributed by atoms with Crippen LogP contribution in [0.3, 0.4) is 0 Å². The van der Waals surface area contributed by atoms with E-state index in [2.05, 4.69) is 10.2 Å². The fraction of sp³-hybridized carbons (Fsp3) is 0.652. The zero-order valence-corrected chi connectivity index (χ0v) is 17.3. The molecule has 2 saturated heterocycles. The van der Waals surface area contributed by atoms with Crippen molar-refractivity contribution in [1.82, 2.24) is 10.2 Å². The van der Waals surface area contributed by atoms with Crippen LogP contribution in [-0.4, -0.2) is 61.6 Å². The van der Waals surface area contributed by atoms with Crippen molar-refractivity contribution in [3.63, 3.8) is 0 Å². The van der Waals surface area contributed by atoms with Gasteiger partial charge in [-0.1, -0.05) is 31.4 Å². The lowest BCUT2D eigenvalue weighted by Gasteiger charge is -2.48. The van der Waals surface area contributed by atoms with E-state index in [0.717, 1.165) is 69.9 Å². The highest BCUT2D eigenvalue weighted by atomic mass is 16.5. The summed E-state index contributed by atoms with van der Waals surface area (Å²) in [6.45, 7) is 5.04. The standard InChI is InChI=1S/C23H33N3O3/c27-21(17-19-6-8-20(9-7-19)26-12-4-5-22(26)28)24-18-23(10-2-1-3-11-23)25-13-15-29-16-14-25/h6-9H,1-5,10-18H2,(H,24,27). The second-order valence-corrected chi connectivity index (χ2v) is 8.65. The molecule has 1 aliphatic carbocycles. The van der Waals surface area contributed by atoms with Crippen LogP contribution in [0.1, 0.15) is 50.5 Å². The number of nitrogens with one attached hydrogen (secondary N) is 1. The van der Waals surface area contributed by atoms with Gasteiger partial charge in [0.1, 0.15) is 0 Å². The van der Waals surface area contributed by atoms with E-state index in [9.17, 15) is 9.59 Å². The minimum atomic E-state index is 0.0770.